The van der Waals surface area contributed by atoms with Crippen LogP contribution in [0.15, 0.2) is 36.4 Å². The van der Waals surface area contributed by atoms with Crippen molar-refractivity contribution in [3.8, 4) is 11.5 Å². The first-order valence-electron chi connectivity index (χ1n) is 5.92. The molecule has 0 saturated heterocycles. The molecule has 0 atom stereocenters. The number of ether oxygens (including phenoxy) is 1. The van der Waals surface area contributed by atoms with Crippen LogP contribution in [0.4, 0.5) is 10.1 Å². The van der Waals surface area contributed by atoms with Crippen molar-refractivity contribution >= 4 is 5.69 Å². The summed E-state index contributed by atoms with van der Waals surface area (Å²) < 4.78 is 19.2. The van der Waals surface area contributed by atoms with Crippen LogP contribution in [-0.2, 0) is 6.42 Å². The van der Waals surface area contributed by atoms with Gasteiger partial charge in [-0.25, -0.2) is 4.39 Å². The molecule has 0 unspecified atom stereocenters. The summed E-state index contributed by atoms with van der Waals surface area (Å²) in [4.78, 5) is 0. The van der Waals surface area contributed by atoms with Crippen LogP contribution in [-0.4, -0.2) is 0 Å². The third-order valence-electron chi connectivity index (χ3n) is 2.82. The fraction of sp³-hybridized carbons (Fsp3) is 0.200. The molecule has 94 valence electrons. The highest BCUT2D eigenvalue weighted by Crippen LogP contribution is 2.28. The van der Waals surface area contributed by atoms with E-state index in [2.05, 4.69) is 6.92 Å². The van der Waals surface area contributed by atoms with E-state index in [0.29, 0.717) is 11.4 Å². The molecule has 0 amide bonds. The molecule has 2 aromatic carbocycles. The number of hydrogen-bond acceptors (Lipinski definition) is 2. The molecule has 0 aliphatic carbocycles. The first-order chi connectivity index (χ1) is 8.60. The lowest BCUT2D eigenvalue weighted by Crippen LogP contribution is -1.93. The number of nitrogens with two attached hydrogens (primary N) is 1. The van der Waals surface area contributed by atoms with Gasteiger partial charge in [0.25, 0.3) is 0 Å². The second kappa shape index (κ2) is 5.08. The lowest BCUT2D eigenvalue weighted by Gasteiger charge is -2.10. The van der Waals surface area contributed by atoms with Crippen molar-refractivity contribution in [2.24, 2.45) is 0 Å². The number of anilines is 1. The van der Waals surface area contributed by atoms with Crippen molar-refractivity contribution in [3.63, 3.8) is 0 Å². The van der Waals surface area contributed by atoms with E-state index in [0.717, 1.165) is 12.0 Å². The van der Waals surface area contributed by atoms with Gasteiger partial charge < -0.3 is 10.5 Å². The van der Waals surface area contributed by atoms with Gasteiger partial charge in [0.2, 0.25) is 0 Å². The molecule has 2 nitrogen and oxygen atoms in total. The lowest BCUT2D eigenvalue weighted by molar-refractivity contribution is 0.439. The molecule has 0 bridgehead atoms. The van der Waals surface area contributed by atoms with Crippen LogP contribution < -0.4 is 10.5 Å². The maximum absolute atomic E-state index is 13.6. The van der Waals surface area contributed by atoms with Gasteiger partial charge in [0.05, 0.1) is 0 Å². The third kappa shape index (κ3) is 2.62. The second-order valence-electron chi connectivity index (χ2n) is 4.25. The van der Waals surface area contributed by atoms with Crippen molar-refractivity contribution in [2.75, 3.05) is 5.73 Å². The molecule has 0 aliphatic rings. The highest BCUT2D eigenvalue weighted by atomic mass is 19.1. The molecule has 0 aromatic heterocycles. The zero-order chi connectivity index (χ0) is 13.1. The Bertz CT molecular complexity index is 566. The van der Waals surface area contributed by atoms with Crippen LogP contribution in [0.3, 0.4) is 0 Å². The molecule has 2 N–H and O–H groups in total. The molecule has 2 aromatic rings. The van der Waals surface area contributed by atoms with Crippen molar-refractivity contribution in [3.05, 3.63) is 53.3 Å². The average Bonchev–Trinajstić information content (AvgIpc) is 2.34. The minimum absolute atomic E-state index is 0.191. The van der Waals surface area contributed by atoms with E-state index in [1.165, 1.54) is 17.7 Å². The van der Waals surface area contributed by atoms with E-state index in [-0.39, 0.29) is 5.75 Å². The Hall–Kier alpha value is -2.03. The monoisotopic (exact) mass is 245 g/mol. The van der Waals surface area contributed by atoms with Crippen molar-refractivity contribution in [2.45, 2.75) is 20.3 Å². The largest absolute Gasteiger partial charge is 0.454 e. The summed E-state index contributed by atoms with van der Waals surface area (Å²) in [5.41, 5.74) is 8.11. The van der Waals surface area contributed by atoms with Gasteiger partial charge in [0, 0.05) is 11.8 Å². The molecule has 0 heterocycles. The number of benzene rings is 2. The van der Waals surface area contributed by atoms with Crippen molar-refractivity contribution in [1.29, 1.82) is 0 Å². The molecule has 2 rings (SSSR count). The molecule has 0 spiro atoms. The topological polar surface area (TPSA) is 35.2 Å². The van der Waals surface area contributed by atoms with Gasteiger partial charge in [-0.2, -0.15) is 0 Å². The minimum atomic E-state index is -0.450. The van der Waals surface area contributed by atoms with Crippen LogP contribution in [0.2, 0.25) is 0 Å². The number of aryl methyl sites for hydroxylation is 2. The predicted octanol–water partition coefficient (Wildman–Crippen LogP) is 4.07. The third-order valence-corrected chi connectivity index (χ3v) is 2.82. The Balaban J connectivity index is 2.28. The Morgan fingerprint density at radius 1 is 1.11 bits per heavy atom. The van der Waals surface area contributed by atoms with Gasteiger partial charge in [-0.05, 0) is 42.7 Å². The fourth-order valence-electron chi connectivity index (χ4n) is 1.76. The average molecular weight is 245 g/mol. The summed E-state index contributed by atoms with van der Waals surface area (Å²) in [6.07, 6.45) is 0.970. The zero-order valence-corrected chi connectivity index (χ0v) is 10.5. The number of halogens is 1. The Morgan fingerprint density at radius 2 is 1.83 bits per heavy atom. The first kappa shape index (κ1) is 12.4. The smallest absolute Gasteiger partial charge is 0.167 e. The summed E-state index contributed by atoms with van der Waals surface area (Å²) in [5, 5.41) is 0. The van der Waals surface area contributed by atoms with E-state index in [4.69, 9.17) is 10.5 Å². The molecular formula is C15H16FNO. The van der Waals surface area contributed by atoms with Crippen molar-refractivity contribution < 1.29 is 9.13 Å². The molecule has 0 saturated carbocycles. The van der Waals surface area contributed by atoms with Crippen LogP contribution in [0.1, 0.15) is 18.1 Å². The van der Waals surface area contributed by atoms with E-state index >= 15 is 0 Å². The standard InChI is InChI=1S/C15H16FNO/c1-3-11-4-6-14(10(2)8-11)18-15-7-5-12(17)9-13(15)16/h4-9H,3,17H2,1-2H3. The maximum Gasteiger partial charge on any atom is 0.167 e. The normalized spacial score (nSPS) is 10.4. The molecule has 18 heavy (non-hydrogen) atoms. The summed E-state index contributed by atoms with van der Waals surface area (Å²) >= 11 is 0. The van der Waals surface area contributed by atoms with Crippen LogP contribution in [0.25, 0.3) is 0 Å². The van der Waals surface area contributed by atoms with Gasteiger partial charge in [0.15, 0.2) is 11.6 Å². The highest BCUT2D eigenvalue weighted by Gasteiger charge is 2.07. The van der Waals surface area contributed by atoms with E-state index in [1.807, 2.05) is 25.1 Å². The van der Waals surface area contributed by atoms with Crippen LogP contribution in [0.5, 0.6) is 11.5 Å². The number of hydrogen-bond donors (Lipinski definition) is 1. The van der Waals surface area contributed by atoms with E-state index in [1.54, 1.807) is 6.07 Å². The highest BCUT2D eigenvalue weighted by molar-refractivity contribution is 5.45. The van der Waals surface area contributed by atoms with Crippen molar-refractivity contribution in [1.82, 2.24) is 0 Å². The van der Waals surface area contributed by atoms with Gasteiger partial charge >= 0.3 is 0 Å². The molecule has 0 aliphatic heterocycles. The molecule has 0 fully saturated rings. The van der Waals surface area contributed by atoms with Gasteiger partial charge in [-0.3, -0.25) is 0 Å². The predicted molar refractivity (Wildman–Crippen MR) is 71.4 cm³/mol. The quantitative estimate of drug-likeness (QED) is 0.827. The minimum Gasteiger partial charge on any atom is -0.454 e. The first-order valence-corrected chi connectivity index (χ1v) is 5.92. The SMILES string of the molecule is CCc1ccc(Oc2ccc(N)cc2F)c(C)c1. The Labute approximate surface area is 106 Å². The Morgan fingerprint density at radius 3 is 2.44 bits per heavy atom. The van der Waals surface area contributed by atoms with Crippen LogP contribution in [0, 0.1) is 12.7 Å². The summed E-state index contributed by atoms with van der Waals surface area (Å²) in [5.74, 6) is 0.404. The van der Waals surface area contributed by atoms with E-state index in [9.17, 15) is 4.39 Å². The molecule has 0 radical (unpaired) electrons. The maximum atomic E-state index is 13.6. The van der Waals surface area contributed by atoms with E-state index < -0.39 is 5.82 Å². The molecule has 3 heteroatoms. The fourth-order valence-corrected chi connectivity index (χ4v) is 1.76. The van der Waals surface area contributed by atoms with Gasteiger partial charge in [-0.1, -0.05) is 19.1 Å². The summed E-state index contributed by atoms with van der Waals surface area (Å²) in [6.45, 7) is 4.04. The van der Waals surface area contributed by atoms with Gasteiger partial charge in [0.1, 0.15) is 5.75 Å². The van der Waals surface area contributed by atoms with Gasteiger partial charge in [-0.15, -0.1) is 0 Å². The summed E-state index contributed by atoms with van der Waals surface area (Å²) in [6, 6.07) is 10.3. The lowest BCUT2D eigenvalue weighted by atomic mass is 10.1. The number of nitrogen functional groups attached to an aromatic ring is 1. The number of rotatable bonds is 3. The summed E-state index contributed by atoms with van der Waals surface area (Å²) in [7, 11) is 0. The second-order valence-corrected chi connectivity index (χ2v) is 4.25. The Kier molecular flexibility index (Phi) is 3.51. The molecular weight excluding hydrogens is 229 g/mol. The zero-order valence-electron chi connectivity index (χ0n) is 10.5. The van der Waals surface area contributed by atoms with Crippen LogP contribution >= 0.6 is 0 Å².